The quantitative estimate of drug-likeness (QED) is 0.655. The zero-order valence-corrected chi connectivity index (χ0v) is 15.6. The van der Waals surface area contributed by atoms with Gasteiger partial charge in [0.25, 0.3) is 5.91 Å². The molecule has 0 spiro atoms. The minimum atomic E-state index is -1.08. The third-order valence-corrected chi connectivity index (χ3v) is 5.07. The van der Waals surface area contributed by atoms with Crippen molar-refractivity contribution in [2.75, 3.05) is 19.7 Å². The highest BCUT2D eigenvalue weighted by molar-refractivity contribution is 5.94. The van der Waals surface area contributed by atoms with Crippen molar-refractivity contribution in [1.82, 2.24) is 14.3 Å². The fourth-order valence-corrected chi connectivity index (χ4v) is 3.62. The van der Waals surface area contributed by atoms with Crippen LogP contribution in [0.25, 0.3) is 5.52 Å². The molecule has 1 aromatic carbocycles. The Hall–Kier alpha value is -3.39. The van der Waals surface area contributed by atoms with Gasteiger partial charge in [-0.15, -0.1) is 0 Å². The molecular formula is C21H21N3O5. The van der Waals surface area contributed by atoms with Gasteiger partial charge in [0, 0.05) is 37.0 Å². The number of amides is 1. The first kappa shape index (κ1) is 18.9. The van der Waals surface area contributed by atoms with Gasteiger partial charge < -0.3 is 24.3 Å². The predicted molar refractivity (Wildman–Crippen MR) is 104 cm³/mol. The molecule has 0 unspecified atom stereocenters. The summed E-state index contributed by atoms with van der Waals surface area (Å²) in [7, 11) is 0. The van der Waals surface area contributed by atoms with E-state index in [1.54, 1.807) is 29.3 Å². The second kappa shape index (κ2) is 7.92. The number of carbonyl (C=O) groups is 2. The number of fused-ring (bicyclic) bond motifs is 1. The van der Waals surface area contributed by atoms with Crippen LogP contribution in [0.15, 0.2) is 55.0 Å². The lowest BCUT2D eigenvalue weighted by molar-refractivity contribution is -0.139. The summed E-state index contributed by atoms with van der Waals surface area (Å²) in [5.74, 6) is -1.09. The summed E-state index contributed by atoms with van der Waals surface area (Å²) in [4.78, 5) is 29.6. The maximum absolute atomic E-state index is 12.8. The average molecular weight is 395 g/mol. The first-order valence-corrected chi connectivity index (χ1v) is 9.33. The van der Waals surface area contributed by atoms with Crippen LogP contribution in [0.5, 0.6) is 5.75 Å². The topological polar surface area (TPSA) is 104 Å². The Labute approximate surface area is 167 Å². The maximum atomic E-state index is 12.8. The zero-order valence-electron chi connectivity index (χ0n) is 15.6. The number of carboxylic acids is 1. The smallest absolute Gasteiger partial charge is 0.341 e. The molecule has 0 radical (unpaired) electrons. The van der Waals surface area contributed by atoms with Crippen LogP contribution in [0.2, 0.25) is 0 Å². The summed E-state index contributed by atoms with van der Waals surface area (Å²) < 4.78 is 7.12. The van der Waals surface area contributed by atoms with Crippen molar-refractivity contribution < 1.29 is 24.5 Å². The number of hydrogen-bond donors (Lipinski definition) is 2. The summed E-state index contributed by atoms with van der Waals surface area (Å²) in [6.45, 7) is 0.196. The molecule has 1 aliphatic heterocycles. The SMILES string of the molecule is O=C(O)COc1cccc(C(=O)N2C[C@@H](Cc3cn4cccc4cn3)[C@@H](O)C2)c1. The summed E-state index contributed by atoms with van der Waals surface area (Å²) in [5, 5.41) is 19.2. The Morgan fingerprint density at radius 2 is 2.07 bits per heavy atom. The van der Waals surface area contributed by atoms with E-state index in [1.165, 1.54) is 6.07 Å². The van der Waals surface area contributed by atoms with E-state index < -0.39 is 18.7 Å². The van der Waals surface area contributed by atoms with E-state index in [1.807, 2.05) is 28.9 Å². The van der Waals surface area contributed by atoms with Crippen molar-refractivity contribution in [2.24, 2.45) is 5.92 Å². The first-order valence-electron chi connectivity index (χ1n) is 9.33. The minimum Gasteiger partial charge on any atom is -0.482 e. The normalized spacial score (nSPS) is 18.9. The number of aliphatic hydroxyl groups excluding tert-OH is 1. The molecular weight excluding hydrogens is 374 g/mol. The van der Waals surface area contributed by atoms with E-state index in [-0.39, 0.29) is 18.4 Å². The number of ether oxygens (including phenoxy) is 1. The fourth-order valence-electron chi connectivity index (χ4n) is 3.62. The van der Waals surface area contributed by atoms with E-state index in [4.69, 9.17) is 9.84 Å². The number of nitrogens with zero attached hydrogens (tertiary/aromatic N) is 3. The molecule has 0 bridgehead atoms. The van der Waals surface area contributed by atoms with Gasteiger partial charge in [0.15, 0.2) is 6.61 Å². The molecule has 2 N–H and O–H groups in total. The Kier molecular flexibility index (Phi) is 5.18. The van der Waals surface area contributed by atoms with Gasteiger partial charge in [0.2, 0.25) is 0 Å². The molecule has 8 nitrogen and oxygen atoms in total. The maximum Gasteiger partial charge on any atom is 0.341 e. The standard InChI is InChI=1S/C21H21N3O5/c25-19-12-24(21(28)14-3-1-5-18(8-14)29-13-20(26)27)10-15(19)7-16-11-23-6-2-4-17(23)9-22-16/h1-6,8-9,11,15,19,25H,7,10,12-13H2,(H,26,27)/t15-,19+/m1/s1. The lowest BCUT2D eigenvalue weighted by Crippen LogP contribution is -2.29. The van der Waals surface area contributed by atoms with E-state index in [2.05, 4.69) is 4.98 Å². The molecule has 150 valence electrons. The van der Waals surface area contributed by atoms with Crippen LogP contribution in [0, 0.1) is 5.92 Å². The number of aliphatic carboxylic acids is 1. The molecule has 0 saturated carbocycles. The van der Waals surface area contributed by atoms with Crippen molar-refractivity contribution in [3.05, 3.63) is 66.2 Å². The number of benzene rings is 1. The van der Waals surface area contributed by atoms with E-state index in [0.717, 1.165) is 11.2 Å². The number of hydrogen-bond acceptors (Lipinski definition) is 5. The Morgan fingerprint density at radius 3 is 2.90 bits per heavy atom. The Morgan fingerprint density at radius 1 is 1.21 bits per heavy atom. The Balaban J connectivity index is 1.43. The summed E-state index contributed by atoms with van der Waals surface area (Å²) in [6.07, 6.45) is 5.62. The van der Waals surface area contributed by atoms with E-state index in [0.29, 0.717) is 24.3 Å². The molecule has 2 atom stereocenters. The predicted octanol–water partition coefficient (Wildman–Crippen LogP) is 1.47. The van der Waals surface area contributed by atoms with Gasteiger partial charge in [-0.1, -0.05) is 6.07 Å². The third kappa shape index (κ3) is 4.22. The molecule has 1 amide bonds. The lowest BCUT2D eigenvalue weighted by atomic mass is 10.0. The van der Waals surface area contributed by atoms with Crippen LogP contribution in [0.4, 0.5) is 0 Å². The molecule has 1 aliphatic rings. The van der Waals surface area contributed by atoms with Gasteiger partial charge in [0.1, 0.15) is 5.75 Å². The van der Waals surface area contributed by atoms with Gasteiger partial charge in [-0.3, -0.25) is 9.78 Å². The van der Waals surface area contributed by atoms with Gasteiger partial charge >= 0.3 is 5.97 Å². The highest BCUT2D eigenvalue weighted by Gasteiger charge is 2.34. The summed E-state index contributed by atoms with van der Waals surface area (Å²) in [5.41, 5.74) is 2.26. The summed E-state index contributed by atoms with van der Waals surface area (Å²) in [6, 6.07) is 10.3. The molecule has 3 heterocycles. The van der Waals surface area contributed by atoms with Crippen LogP contribution in [0.3, 0.4) is 0 Å². The van der Waals surface area contributed by atoms with Gasteiger partial charge in [-0.25, -0.2) is 4.79 Å². The molecule has 4 rings (SSSR count). The molecule has 2 aromatic heterocycles. The van der Waals surface area contributed by atoms with Crippen LogP contribution in [-0.2, 0) is 11.2 Å². The van der Waals surface area contributed by atoms with E-state index >= 15 is 0 Å². The molecule has 8 heteroatoms. The first-order chi connectivity index (χ1) is 14.0. The van der Waals surface area contributed by atoms with Crippen molar-refractivity contribution >= 4 is 17.4 Å². The molecule has 1 saturated heterocycles. The second-order valence-electron chi connectivity index (χ2n) is 7.17. The summed E-state index contributed by atoms with van der Waals surface area (Å²) >= 11 is 0. The van der Waals surface area contributed by atoms with Gasteiger partial charge in [-0.2, -0.15) is 0 Å². The third-order valence-electron chi connectivity index (χ3n) is 5.07. The molecule has 3 aromatic rings. The van der Waals surface area contributed by atoms with Crippen LogP contribution in [-0.4, -0.2) is 62.2 Å². The minimum absolute atomic E-state index is 0.106. The van der Waals surface area contributed by atoms with Crippen LogP contribution < -0.4 is 4.74 Å². The van der Waals surface area contributed by atoms with Crippen molar-refractivity contribution in [2.45, 2.75) is 12.5 Å². The Bertz CT molecular complexity index is 1050. The number of aliphatic hydroxyl groups is 1. The molecule has 29 heavy (non-hydrogen) atoms. The number of carbonyl (C=O) groups excluding carboxylic acids is 1. The number of β-amino-alcohol motifs (C(OH)–C–C–N with tert-alkyl or cyclic N) is 1. The number of rotatable bonds is 6. The number of likely N-dealkylation sites (tertiary alicyclic amines) is 1. The van der Waals surface area contributed by atoms with Crippen molar-refractivity contribution in [3.8, 4) is 5.75 Å². The number of carboxylic acid groups (broad SMARTS) is 1. The second-order valence-corrected chi connectivity index (χ2v) is 7.17. The van der Waals surface area contributed by atoms with Gasteiger partial charge in [-0.05, 0) is 36.8 Å². The van der Waals surface area contributed by atoms with Crippen molar-refractivity contribution in [3.63, 3.8) is 0 Å². The van der Waals surface area contributed by atoms with Gasteiger partial charge in [0.05, 0.1) is 23.5 Å². The molecule has 0 aliphatic carbocycles. The van der Waals surface area contributed by atoms with E-state index in [9.17, 15) is 14.7 Å². The average Bonchev–Trinajstić information content (AvgIpc) is 3.32. The monoisotopic (exact) mass is 395 g/mol. The fraction of sp³-hybridized carbons (Fsp3) is 0.286. The van der Waals surface area contributed by atoms with Crippen molar-refractivity contribution in [1.29, 1.82) is 0 Å². The lowest BCUT2D eigenvalue weighted by Gasteiger charge is -2.16. The number of aromatic nitrogens is 2. The largest absolute Gasteiger partial charge is 0.482 e. The zero-order chi connectivity index (χ0) is 20.4. The van der Waals surface area contributed by atoms with Crippen LogP contribution >= 0.6 is 0 Å². The molecule has 1 fully saturated rings. The van der Waals surface area contributed by atoms with Crippen LogP contribution in [0.1, 0.15) is 16.1 Å². The highest BCUT2D eigenvalue weighted by Crippen LogP contribution is 2.24. The highest BCUT2D eigenvalue weighted by atomic mass is 16.5.